The van der Waals surface area contributed by atoms with Crippen LogP contribution in [0.3, 0.4) is 0 Å². The summed E-state index contributed by atoms with van der Waals surface area (Å²) in [6.07, 6.45) is 3.08. The van der Waals surface area contributed by atoms with Crippen molar-refractivity contribution in [1.82, 2.24) is 0 Å². The van der Waals surface area contributed by atoms with Crippen LogP contribution in [0.2, 0.25) is 10.0 Å². The first-order valence-electron chi connectivity index (χ1n) is 4.09. The van der Waals surface area contributed by atoms with E-state index in [0.29, 0.717) is 15.6 Å². The number of aromatic nitrogens is 1. The van der Waals surface area contributed by atoms with Crippen molar-refractivity contribution in [3.8, 4) is 0 Å². The van der Waals surface area contributed by atoms with Crippen LogP contribution >= 0.6 is 23.2 Å². The van der Waals surface area contributed by atoms with Gasteiger partial charge in [-0.1, -0.05) is 23.2 Å². The van der Waals surface area contributed by atoms with Gasteiger partial charge in [-0.15, -0.1) is 0 Å². The number of methoxy groups -OCH3 is 1. The number of nitrogens with zero attached hydrogens (tertiary/aromatic N) is 1. The minimum Gasteiger partial charge on any atom is -0.469 e. The van der Waals surface area contributed by atoms with Crippen molar-refractivity contribution < 1.29 is 19.1 Å². The molecule has 0 saturated carbocycles. The minimum atomic E-state index is -0.394. The Labute approximate surface area is 97.3 Å². The first-order chi connectivity index (χ1) is 7.08. The highest BCUT2D eigenvalue weighted by molar-refractivity contribution is 6.35. The van der Waals surface area contributed by atoms with E-state index >= 15 is 0 Å². The molecular formula is C9H10Cl2NO3+. The molecule has 0 aromatic carbocycles. The van der Waals surface area contributed by atoms with Crippen molar-refractivity contribution in [2.45, 2.75) is 6.42 Å². The number of esters is 1. The fourth-order valence-corrected chi connectivity index (χ4v) is 1.60. The summed E-state index contributed by atoms with van der Waals surface area (Å²) >= 11 is 11.8. The van der Waals surface area contributed by atoms with Gasteiger partial charge in [0.05, 0.1) is 13.5 Å². The Morgan fingerprint density at radius 1 is 1.33 bits per heavy atom. The molecule has 6 heteroatoms. The lowest BCUT2D eigenvalue weighted by Gasteiger charge is -2.03. The maximum absolute atomic E-state index is 11.1. The van der Waals surface area contributed by atoms with E-state index in [0.717, 1.165) is 0 Å². The van der Waals surface area contributed by atoms with Gasteiger partial charge in [-0.05, 0) is 0 Å². The topological polar surface area (TPSA) is 39.4 Å². The van der Waals surface area contributed by atoms with Gasteiger partial charge in [-0.3, -0.25) is 9.63 Å². The summed E-state index contributed by atoms with van der Waals surface area (Å²) in [5.41, 5.74) is 0.526. The molecule has 4 nitrogen and oxygen atoms in total. The maximum atomic E-state index is 11.1. The first-order valence-corrected chi connectivity index (χ1v) is 4.84. The van der Waals surface area contributed by atoms with E-state index in [1.54, 1.807) is 0 Å². The zero-order chi connectivity index (χ0) is 11.4. The van der Waals surface area contributed by atoms with Crippen LogP contribution in [-0.4, -0.2) is 20.2 Å². The van der Waals surface area contributed by atoms with Gasteiger partial charge in [-0.2, -0.15) is 0 Å². The van der Waals surface area contributed by atoms with Crippen LogP contribution in [0.4, 0.5) is 0 Å². The molecule has 0 bridgehead atoms. The Morgan fingerprint density at radius 2 is 1.87 bits per heavy atom. The summed E-state index contributed by atoms with van der Waals surface area (Å²) in [5.74, 6) is -0.394. The predicted molar refractivity (Wildman–Crippen MR) is 54.9 cm³/mol. The number of carbonyl (C=O) groups is 1. The highest BCUT2D eigenvalue weighted by Crippen LogP contribution is 2.22. The molecule has 1 heterocycles. The molecule has 1 rings (SSSR count). The maximum Gasteiger partial charge on any atom is 0.310 e. The number of rotatable bonds is 3. The summed E-state index contributed by atoms with van der Waals surface area (Å²) < 4.78 is 5.88. The van der Waals surface area contributed by atoms with Gasteiger partial charge in [0.2, 0.25) is 12.4 Å². The summed E-state index contributed by atoms with van der Waals surface area (Å²) in [6, 6.07) is 0. The summed E-state index contributed by atoms with van der Waals surface area (Å²) in [4.78, 5) is 16.0. The number of carbonyl (C=O) groups excluding carboxylic acids is 1. The molecule has 0 aliphatic rings. The van der Waals surface area contributed by atoms with Gasteiger partial charge in [0, 0.05) is 10.3 Å². The molecule has 0 spiro atoms. The number of halogens is 2. The van der Waals surface area contributed by atoms with E-state index in [9.17, 15) is 4.79 Å². The molecule has 0 unspecified atom stereocenters. The highest BCUT2D eigenvalue weighted by atomic mass is 35.5. The van der Waals surface area contributed by atoms with Gasteiger partial charge in [0.25, 0.3) is 0 Å². The normalized spacial score (nSPS) is 9.87. The van der Waals surface area contributed by atoms with Crippen molar-refractivity contribution in [3.05, 3.63) is 28.0 Å². The summed E-state index contributed by atoms with van der Waals surface area (Å²) in [7, 11) is 2.79. The quantitative estimate of drug-likeness (QED) is 0.595. The Hall–Kier alpha value is -1.00. The lowest BCUT2D eigenvalue weighted by atomic mass is 10.2. The van der Waals surface area contributed by atoms with Crippen molar-refractivity contribution in [2.75, 3.05) is 14.2 Å². The molecule has 15 heavy (non-hydrogen) atoms. The number of hydrogen-bond acceptors (Lipinski definition) is 3. The van der Waals surface area contributed by atoms with Crippen molar-refractivity contribution in [3.63, 3.8) is 0 Å². The largest absolute Gasteiger partial charge is 0.469 e. The zero-order valence-corrected chi connectivity index (χ0v) is 9.80. The third-order valence-corrected chi connectivity index (χ3v) is 2.47. The monoisotopic (exact) mass is 250 g/mol. The van der Waals surface area contributed by atoms with Crippen LogP contribution in [0, 0.1) is 0 Å². The number of hydrogen-bond donors (Lipinski definition) is 0. The number of pyridine rings is 1. The van der Waals surface area contributed by atoms with Crippen molar-refractivity contribution in [1.29, 1.82) is 0 Å². The van der Waals surface area contributed by atoms with Crippen molar-refractivity contribution in [2.24, 2.45) is 0 Å². The average molecular weight is 251 g/mol. The van der Waals surface area contributed by atoms with Gasteiger partial charge in [0.15, 0.2) is 0 Å². The molecule has 0 saturated heterocycles. The molecular weight excluding hydrogens is 241 g/mol. The molecule has 0 aliphatic heterocycles. The molecule has 0 amide bonds. The Balaban J connectivity index is 3.03. The average Bonchev–Trinajstić information content (AvgIpc) is 2.22. The molecule has 0 atom stereocenters. The van der Waals surface area contributed by atoms with Crippen molar-refractivity contribution >= 4 is 29.2 Å². The third kappa shape index (κ3) is 2.97. The van der Waals surface area contributed by atoms with Crippen LogP contribution in [0.25, 0.3) is 0 Å². The van der Waals surface area contributed by atoms with E-state index in [-0.39, 0.29) is 6.42 Å². The fourth-order valence-electron chi connectivity index (χ4n) is 1.02. The molecule has 0 N–H and O–H groups in total. The molecule has 0 radical (unpaired) electrons. The second kappa shape index (κ2) is 5.19. The molecule has 1 aromatic rings. The van der Waals surface area contributed by atoms with Gasteiger partial charge in [0.1, 0.15) is 17.2 Å². The fraction of sp³-hybridized carbons (Fsp3) is 0.333. The van der Waals surface area contributed by atoms with E-state index in [1.165, 1.54) is 31.3 Å². The first kappa shape index (κ1) is 12.1. The SMILES string of the molecule is COC(=O)Cc1c(Cl)c[n+](OC)cc1Cl. The minimum absolute atomic E-state index is 0.0404. The summed E-state index contributed by atoms with van der Waals surface area (Å²) in [5, 5.41) is 0.713. The highest BCUT2D eigenvalue weighted by Gasteiger charge is 2.17. The Morgan fingerprint density at radius 3 is 2.27 bits per heavy atom. The van der Waals surface area contributed by atoms with Gasteiger partial charge < -0.3 is 4.74 Å². The van der Waals surface area contributed by atoms with E-state index < -0.39 is 5.97 Å². The predicted octanol–water partition coefficient (Wildman–Crippen LogP) is 1.05. The van der Waals surface area contributed by atoms with Gasteiger partial charge >= 0.3 is 5.97 Å². The number of ether oxygens (including phenoxy) is 1. The second-order valence-electron chi connectivity index (χ2n) is 2.73. The van der Waals surface area contributed by atoms with E-state index in [2.05, 4.69) is 4.74 Å². The van der Waals surface area contributed by atoms with Crippen LogP contribution in [0.15, 0.2) is 12.4 Å². The van der Waals surface area contributed by atoms with Crippen LogP contribution in [-0.2, 0) is 16.0 Å². The van der Waals surface area contributed by atoms with Crippen LogP contribution in [0.1, 0.15) is 5.56 Å². The standard InChI is InChI=1S/C9H10Cl2NO3/c1-14-9(13)3-6-7(10)4-12(15-2)5-8(6)11/h4-5H,3H2,1-2H3/q+1. The smallest absolute Gasteiger partial charge is 0.310 e. The zero-order valence-electron chi connectivity index (χ0n) is 8.29. The lowest BCUT2D eigenvalue weighted by Crippen LogP contribution is -2.40. The van der Waals surface area contributed by atoms with Gasteiger partial charge in [-0.25, -0.2) is 0 Å². The lowest BCUT2D eigenvalue weighted by molar-refractivity contribution is -0.885. The molecule has 1 aromatic heterocycles. The van der Waals surface area contributed by atoms with E-state index in [4.69, 9.17) is 28.0 Å². The van der Waals surface area contributed by atoms with Crippen LogP contribution < -0.4 is 9.57 Å². The molecule has 0 fully saturated rings. The molecule has 82 valence electrons. The van der Waals surface area contributed by atoms with E-state index in [1.807, 2.05) is 0 Å². The molecule has 0 aliphatic carbocycles. The Kier molecular flexibility index (Phi) is 4.17. The van der Waals surface area contributed by atoms with Crippen LogP contribution in [0.5, 0.6) is 0 Å². The summed E-state index contributed by atoms with van der Waals surface area (Å²) in [6.45, 7) is 0. The third-order valence-electron chi connectivity index (χ3n) is 1.82. The Bertz CT molecular complexity index is 359. The second-order valence-corrected chi connectivity index (χ2v) is 3.54.